The SMILES string of the molecule is Cc1ccc(C)c(CC(=O)N2CCO[C@@H]([C@H](C)N)C2)c1. The number of aryl methyl sites for hydroxylation is 2. The topological polar surface area (TPSA) is 55.6 Å². The first kappa shape index (κ1) is 15.0. The Morgan fingerprint density at radius 1 is 1.50 bits per heavy atom. The van der Waals surface area contributed by atoms with Gasteiger partial charge < -0.3 is 15.4 Å². The molecule has 1 aromatic carbocycles. The molecule has 4 nitrogen and oxygen atoms in total. The highest BCUT2D eigenvalue weighted by Gasteiger charge is 2.26. The van der Waals surface area contributed by atoms with Crippen molar-refractivity contribution in [3.05, 3.63) is 34.9 Å². The molecule has 1 saturated heterocycles. The van der Waals surface area contributed by atoms with E-state index < -0.39 is 0 Å². The molecule has 0 bridgehead atoms. The molecule has 2 rings (SSSR count). The van der Waals surface area contributed by atoms with E-state index >= 15 is 0 Å². The first-order valence-corrected chi connectivity index (χ1v) is 7.18. The number of amides is 1. The van der Waals surface area contributed by atoms with Gasteiger partial charge in [-0.3, -0.25) is 4.79 Å². The maximum atomic E-state index is 12.4. The Morgan fingerprint density at radius 2 is 2.25 bits per heavy atom. The first-order chi connectivity index (χ1) is 9.47. The lowest BCUT2D eigenvalue weighted by Gasteiger charge is -2.35. The van der Waals surface area contributed by atoms with Crippen LogP contribution in [0.25, 0.3) is 0 Å². The van der Waals surface area contributed by atoms with Crippen LogP contribution >= 0.6 is 0 Å². The normalized spacial score (nSPS) is 20.8. The van der Waals surface area contributed by atoms with Crippen molar-refractivity contribution >= 4 is 5.91 Å². The van der Waals surface area contributed by atoms with Crippen molar-refractivity contribution in [3.63, 3.8) is 0 Å². The molecule has 1 aliphatic heterocycles. The summed E-state index contributed by atoms with van der Waals surface area (Å²) in [6.45, 7) is 7.85. The Kier molecular flexibility index (Phi) is 4.78. The smallest absolute Gasteiger partial charge is 0.227 e. The van der Waals surface area contributed by atoms with Crippen LogP contribution in [-0.2, 0) is 16.0 Å². The lowest BCUT2D eigenvalue weighted by Crippen LogP contribution is -2.51. The van der Waals surface area contributed by atoms with Crippen LogP contribution in [0.1, 0.15) is 23.6 Å². The van der Waals surface area contributed by atoms with Gasteiger partial charge in [0.1, 0.15) is 0 Å². The van der Waals surface area contributed by atoms with Gasteiger partial charge in [0.05, 0.1) is 19.1 Å². The minimum Gasteiger partial charge on any atom is -0.373 e. The fourth-order valence-electron chi connectivity index (χ4n) is 2.49. The van der Waals surface area contributed by atoms with E-state index in [1.807, 2.05) is 25.7 Å². The van der Waals surface area contributed by atoms with Crippen LogP contribution in [0.3, 0.4) is 0 Å². The van der Waals surface area contributed by atoms with Gasteiger partial charge in [0, 0.05) is 19.1 Å². The van der Waals surface area contributed by atoms with Crippen LogP contribution in [0.4, 0.5) is 0 Å². The zero-order valence-corrected chi connectivity index (χ0v) is 12.6. The first-order valence-electron chi connectivity index (χ1n) is 7.18. The van der Waals surface area contributed by atoms with E-state index in [-0.39, 0.29) is 18.1 Å². The highest BCUT2D eigenvalue weighted by Crippen LogP contribution is 2.14. The number of hydrogen-bond donors (Lipinski definition) is 1. The van der Waals surface area contributed by atoms with E-state index in [0.29, 0.717) is 26.1 Å². The molecule has 0 aromatic heterocycles. The lowest BCUT2D eigenvalue weighted by atomic mass is 10.0. The van der Waals surface area contributed by atoms with Crippen molar-refractivity contribution in [2.45, 2.75) is 39.3 Å². The number of hydrogen-bond acceptors (Lipinski definition) is 3. The van der Waals surface area contributed by atoms with E-state index in [9.17, 15) is 4.79 Å². The van der Waals surface area contributed by atoms with Crippen molar-refractivity contribution in [1.29, 1.82) is 0 Å². The van der Waals surface area contributed by atoms with Crippen molar-refractivity contribution < 1.29 is 9.53 Å². The zero-order chi connectivity index (χ0) is 14.7. The van der Waals surface area contributed by atoms with Gasteiger partial charge in [-0.25, -0.2) is 0 Å². The molecular weight excluding hydrogens is 252 g/mol. The summed E-state index contributed by atoms with van der Waals surface area (Å²) in [6.07, 6.45) is 0.408. The number of morpholine rings is 1. The van der Waals surface area contributed by atoms with Gasteiger partial charge in [-0.15, -0.1) is 0 Å². The summed E-state index contributed by atoms with van der Waals surface area (Å²) in [5, 5.41) is 0. The second-order valence-electron chi connectivity index (χ2n) is 5.71. The Labute approximate surface area is 120 Å². The van der Waals surface area contributed by atoms with Gasteiger partial charge in [0.15, 0.2) is 0 Å². The summed E-state index contributed by atoms with van der Waals surface area (Å²) in [7, 11) is 0. The Balaban J connectivity index is 2.02. The number of benzene rings is 1. The van der Waals surface area contributed by atoms with Crippen LogP contribution in [0.5, 0.6) is 0 Å². The second kappa shape index (κ2) is 6.37. The van der Waals surface area contributed by atoms with Crippen molar-refractivity contribution in [2.24, 2.45) is 5.73 Å². The highest BCUT2D eigenvalue weighted by molar-refractivity contribution is 5.79. The third-order valence-corrected chi connectivity index (χ3v) is 3.88. The summed E-state index contributed by atoms with van der Waals surface area (Å²) < 4.78 is 5.59. The van der Waals surface area contributed by atoms with Crippen LogP contribution in [0, 0.1) is 13.8 Å². The third-order valence-electron chi connectivity index (χ3n) is 3.88. The third kappa shape index (κ3) is 3.58. The predicted molar refractivity (Wildman–Crippen MR) is 79.6 cm³/mol. The molecule has 1 fully saturated rings. The van der Waals surface area contributed by atoms with E-state index in [2.05, 4.69) is 18.2 Å². The number of carbonyl (C=O) groups is 1. The Bertz CT molecular complexity index is 485. The van der Waals surface area contributed by atoms with E-state index in [1.165, 1.54) is 11.1 Å². The summed E-state index contributed by atoms with van der Waals surface area (Å²) in [5.74, 6) is 0.160. The average molecular weight is 276 g/mol. The fourth-order valence-corrected chi connectivity index (χ4v) is 2.49. The van der Waals surface area contributed by atoms with Gasteiger partial charge >= 0.3 is 0 Å². The summed E-state index contributed by atoms with van der Waals surface area (Å²) in [5.41, 5.74) is 9.33. The lowest BCUT2D eigenvalue weighted by molar-refractivity contribution is -0.138. The summed E-state index contributed by atoms with van der Waals surface area (Å²) in [6, 6.07) is 6.19. The van der Waals surface area contributed by atoms with E-state index in [4.69, 9.17) is 10.5 Å². The van der Waals surface area contributed by atoms with Crippen molar-refractivity contribution in [3.8, 4) is 0 Å². The molecule has 2 atom stereocenters. The van der Waals surface area contributed by atoms with E-state index in [0.717, 1.165) is 5.56 Å². The van der Waals surface area contributed by atoms with Gasteiger partial charge in [0.2, 0.25) is 5.91 Å². The average Bonchev–Trinajstić information content (AvgIpc) is 2.43. The molecular formula is C16H24N2O2. The minimum absolute atomic E-state index is 0.0497. The quantitative estimate of drug-likeness (QED) is 0.908. The molecule has 1 heterocycles. The fraction of sp³-hybridized carbons (Fsp3) is 0.562. The van der Waals surface area contributed by atoms with Crippen LogP contribution in [0.15, 0.2) is 18.2 Å². The molecule has 0 unspecified atom stereocenters. The standard InChI is InChI=1S/C16H24N2O2/c1-11-4-5-12(2)14(8-11)9-16(19)18-6-7-20-15(10-18)13(3)17/h4-5,8,13,15H,6-7,9-10,17H2,1-3H3/t13-,15+/m0/s1. The Hall–Kier alpha value is -1.39. The van der Waals surface area contributed by atoms with Gasteiger partial charge in [0.25, 0.3) is 0 Å². The van der Waals surface area contributed by atoms with Crippen LogP contribution in [0.2, 0.25) is 0 Å². The van der Waals surface area contributed by atoms with E-state index in [1.54, 1.807) is 0 Å². The molecule has 1 aromatic rings. The van der Waals surface area contributed by atoms with Crippen molar-refractivity contribution in [1.82, 2.24) is 4.90 Å². The maximum Gasteiger partial charge on any atom is 0.227 e. The molecule has 1 amide bonds. The predicted octanol–water partition coefficient (Wildman–Crippen LogP) is 1.42. The molecule has 20 heavy (non-hydrogen) atoms. The summed E-state index contributed by atoms with van der Waals surface area (Å²) in [4.78, 5) is 14.3. The zero-order valence-electron chi connectivity index (χ0n) is 12.6. The van der Waals surface area contributed by atoms with Crippen LogP contribution < -0.4 is 5.73 Å². The van der Waals surface area contributed by atoms with Gasteiger partial charge in [-0.1, -0.05) is 23.8 Å². The number of ether oxygens (including phenoxy) is 1. The molecule has 0 aliphatic carbocycles. The molecule has 0 saturated carbocycles. The van der Waals surface area contributed by atoms with Gasteiger partial charge in [-0.05, 0) is 31.9 Å². The number of rotatable bonds is 3. The molecule has 1 aliphatic rings. The Morgan fingerprint density at radius 3 is 2.95 bits per heavy atom. The molecule has 110 valence electrons. The van der Waals surface area contributed by atoms with Crippen LogP contribution in [-0.4, -0.2) is 42.6 Å². The van der Waals surface area contributed by atoms with Crippen molar-refractivity contribution in [2.75, 3.05) is 19.7 Å². The number of carbonyl (C=O) groups excluding carboxylic acids is 1. The maximum absolute atomic E-state index is 12.4. The summed E-state index contributed by atoms with van der Waals surface area (Å²) >= 11 is 0. The number of nitrogens with zero attached hydrogens (tertiary/aromatic N) is 1. The number of nitrogens with two attached hydrogens (primary N) is 1. The monoisotopic (exact) mass is 276 g/mol. The molecule has 0 spiro atoms. The second-order valence-corrected chi connectivity index (χ2v) is 5.71. The molecule has 0 radical (unpaired) electrons. The largest absolute Gasteiger partial charge is 0.373 e. The molecule has 2 N–H and O–H groups in total. The highest BCUT2D eigenvalue weighted by atomic mass is 16.5. The molecule has 4 heteroatoms. The van der Waals surface area contributed by atoms with Gasteiger partial charge in [-0.2, -0.15) is 0 Å². The minimum atomic E-state index is -0.0497.